The number of nitrogens with two attached hydrogens (primary N) is 1. The third-order valence-electron chi connectivity index (χ3n) is 2.32. The Morgan fingerprint density at radius 2 is 1.71 bits per heavy atom. The Kier molecular flexibility index (Phi) is 3.59. The lowest BCUT2D eigenvalue weighted by atomic mass is 9.86. The number of nitrogens with one attached hydrogen (secondary N) is 1. The van der Waals surface area contributed by atoms with Gasteiger partial charge in [0.05, 0.1) is 4.90 Å². The third kappa shape index (κ3) is 3.28. The molecular weight excluding hydrogens is 240 g/mol. The van der Waals surface area contributed by atoms with Crippen molar-refractivity contribution in [1.29, 1.82) is 0 Å². The van der Waals surface area contributed by atoms with E-state index in [4.69, 9.17) is 5.14 Å². The van der Waals surface area contributed by atoms with Crippen LogP contribution in [0.4, 0.5) is 0 Å². The quantitative estimate of drug-likeness (QED) is 0.433. The van der Waals surface area contributed by atoms with E-state index in [-0.39, 0.29) is 10.3 Å². The fraction of sp³-hybridized carbons (Fsp3) is 0.364. The van der Waals surface area contributed by atoms with Gasteiger partial charge in [-0.2, -0.15) is 0 Å². The zero-order valence-electron chi connectivity index (χ0n) is 10.0. The van der Waals surface area contributed by atoms with Crippen LogP contribution in [0.15, 0.2) is 29.2 Å². The van der Waals surface area contributed by atoms with Crippen LogP contribution in [0.5, 0.6) is 0 Å². The van der Waals surface area contributed by atoms with Gasteiger partial charge in [0.2, 0.25) is 10.0 Å². The molecule has 3 N–H and O–H groups in total. The van der Waals surface area contributed by atoms with Gasteiger partial charge in [0, 0.05) is 11.0 Å². The van der Waals surface area contributed by atoms with Crippen molar-refractivity contribution < 1.29 is 13.6 Å². The van der Waals surface area contributed by atoms with E-state index in [1.807, 2.05) is 25.9 Å². The van der Waals surface area contributed by atoms with E-state index in [1.165, 1.54) is 12.1 Å². The van der Waals surface area contributed by atoms with Gasteiger partial charge in [-0.1, -0.05) is 20.8 Å². The first-order valence-electron chi connectivity index (χ1n) is 5.05. The molecule has 0 saturated carbocycles. The van der Waals surface area contributed by atoms with Gasteiger partial charge >= 0.3 is 0 Å². The van der Waals surface area contributed by atoms with Gasteiger partial charge in [-0.3, -0.25) is 0 Å². The summed E-state index contributed by atoms with van der Waals surface area (Å²) in [6.07, 6.45) is 0. The number of primary sulfonamides is 1. The van der Waals surface area contributed by atoms with Crippen LogP contribution in [0.2, 0.25) is 0 Å². The minimum Gasteiger partial charge on any atom is -0.625 e. The lowest BCUT2D eigenvalue weighted by Crippen LogP contribution is -2.69. The summed E-state index contributed by atoms with van der Waals surface area (Å²) in [5.74, 6) is 0. The van der Waals surface area contributed by atoms with Crippen molar-refractivity contribution in [2.75, 3.05) is 0 Å². The second-order valence-corrected chi connectivity index (χ2v) is 6.36. The zero-order valence-corrected chi connectivity index (χ0v) is 10.8. The third-order valence-corrected chi connectivity index (χ3v) is 3.25. The molecule has 1 rings (SSSR count). The van der Waals surface area contributed by atoms with Gasteiger partial charge in [-0.25, -0.2) is 18.7 Å². The molecule has 1 aromatic rings. The van der Waals surface area contributed by atoms with Crippen LogP contribution in [0.3, 0.4) is 0 Å². The average Bonchev–Trinajstić information content (AvgIpc) is 2.16. The summed E-state index contributed by atoms with van der Waals surface area (Å²) in [6, 6.07) is 5.89. The molecule has 0 aliphatic carbocycles. The predicted molar refractivity (Wildman–Crippen MR) is 65.7 cm³/mol. The van der Waals surface area contributed by atoms with E-state index in [0.29, 0.717) is 11.3 Å². The molecule has 0 amide bonds. The summed E-state index contributed by atoms with van der Waals surface area (Å²) < 4.78 is 22.1. The lowest BCUT2D eigenvalue weighted by Gasteiger charge is -2.17. The van der Waals surface area contributed by atoms with Gasteiger partial charge < -0.3 is 5.21 Å². The van der Waals surface area contributed by atoms with Gasteiger partial charge in [0.15, 0.2) is 5.71 Å². The molecule has 0 aliphatic heterocycles. The second kappa shape index (κ2) is 4.46. The minimum atomic E-state index is -3.70. The maximum atomic E-state index is 11.1. The molecule has 6 heteroatoms. The Hall–Kier alpha value is -1.40. The van der Waals surface area contributed by atoms with Crippen LogP contribution < -0.4 is 10.3 Å². The fourth-order valence-electron chi connectivity index (χ4n) is 1.46. The molecule has 0 aliphatic rings. The van der Waals surface area contributed by atoms with E-state index in [2.05, 4.69) is 0 Å². The highest BCUT2D eigenvalue weighted by molar-refractivity contribution is 7.89. The van der Waals surface area contributed by atoms with E-state index >= 15 is 0 Å². The van der Waals surface area contributed by atoms with E-state index in [0.717, 1.165) is 0 Å². The molecule has 1 aromatic carbocycles. The molecule has 94 valence electrons. The van der Waals surface area contributed by atoms with E-state index < -0.39 is 10.0 Å². The van der Waals surface area contributed by atoms with Crippen LogP contribution in [0.25, 0.3) is 0 Å². The van der Waals surface area contributed by atoms with Gasteiger partial charge in [-0.05, 0) is 24.3 Å². The zero-order chi connectivity index (χ0) is 13.3. The van der Waals surface area contributed by atoms with Crippen molar-refractivity contribution in [2.45, 2.75) is 25.7 Å². The molecule has 0 radical (unpaired) electrons. The lowest BCUT2D eigenvalue weighted by molar-refractivity contribution is -0.377. The molecule has 17 heavy (non-hydrogen) atoms. The van der Waals surface area contributed by atoms with E-state index in [9.17, 15) is 13.6 Å². The Morgan fingerprint density at radius 1 is 1.24 bits per heavy atom. The predicted octanol–water partition coefficient (Wildman–Crippen LogP) is -0.252. The normalized spacial score (nSPS) is 13.8. The maximum Gasteiger partial charge on any atom is 0.238 e. The highest BCUT2D eigenvalue weighted by atomic mass is 32.2. The Balaban J connectivity index is 3.20. The molecule has 0 saturated heterocycles. The van der Waals surface area contributed by atoms with Crippen molar-refractivity contribution in [2.24, 2.45) is 10.6 Å². The smallest absolute Gasteiger partial charge is 0.238 e. The molecule has 0 heterocycles. The van der Waals surface area contributed by atoms with Crippen molar-refractivity contribution in [3.63, 3.8) is 0 Å². The Morgan fingerprint density at radius 3 is 2.00 bits per heavy atom. The van der Waals surface area contributed by atoms with Crippen LogP contribution in [0.1, 0.15) is 26.3 Å². The molecule has 0 atom stereocenters. The average molecular weight is 256 g/mol. The number of hydrogen-bond donors (Lipinski definition) is 2. The first kappa shape index (κ1) is 13.7. The monoisotopic (exact) mass is 256 g/mol. The number of benzene rings is 1. The number of sulfonamides is 1. The summed E-state index contributed by atoms with van der Waals surface area (Å²) in [4.78, 5) is 0.0282. The SMILES string of the molecule is CC(C)(C)C(=[NH+][O-])c1ccc(S(N)(=O)=O)cc1. The Labute approximate surface area is 101 Å². The molecule has 0 bridgehead atoms. The summed E-state index contributed by atoms with van der Waals surface area (Å²) in [6.45, 7) is 5.67. The molecule has 5 nitrogen and oxygen atoms in total. The van der Waals surface area contributed by atoms with Crippen molar-refractivity contribution in [3.05, 3.63) is 35.0 Å². The van der Waals surface area contributed by atoms with Crippen LogP contribution >= 0.6 is 0 Å². The highest BCUT2D eigenvalue weighted by Crippen LogP contribution is 2.19. The van der Waals surface area contributed by atoms with Gasteiger partial charge in [-0.15, -0.1) is 0 Å². The summed E-state index contributed by atoms with van der Waals surface area (Å²) in [7, 11) is -3.70. The first-order chi connectivity index (χ1) is 7.66. The van der Waals surface area contributed by atoms with Crippen LogP contribution in [-0.4, -0.2) is 14.1 Å². The Bertz CT molecular complexity index is 525. The van der Waals surface area contributed by atoms with Crippen LogP contribution in [0, 0.1) is 10.6 Å². The molecule has 0 unspecified atom stereocenters. The van der Waals surface area contributed by atoms with Crippen molar-refractivity contribution in [3.8, 4) is 0 Å². The standard InChI is InChI=1S/C11H16N2O3S/c1-11(2,3)10(13-14)8-4-6-9(7-5-8)17(12,15)16/h4-7,13H,1-3H3,(H2-,12,14,15,16). The maximum absolute atomic E-state index is 11.1. The summed E-state index contributed by atoms with van der Waals surface area (Å²) >= 11 is 0. The molecular formula is C11H16N2O3S. The van der Waals surface area contributed by atoms with Crippen molar-refractivity contribution in [1.82, 2.24) is 0 Å². The topological polar surface area (TPSA) is 97.2 Å². The molecule has 0 aromatic heterocycles. The largest absolute Gasteiger partial charge is 0.625 e. The minimum absolute atomic E-state index is 0.0282. The van der Waals surface area contributed by atoms with Gasteiger partial charge in [0.1, 0.15) is 0 Å². The molecule has 0 spiro atoms. The number of hydrogen-bond acceptors (Lipinski definition) is 3. The summed E-state index contributed by atoms with van der Waals surface area (Å²) in [5, 5.41) is 17.8. The molecule has 0 fully saturated rings. The van der Waals surface area contributed by atoms with Crippen LogP contribution in [-0.2, 0) is 10.0 Å². The summed E-state index contributed by atoms with van der Waals surface area (Å²) in [5.41, 5.74) is 0.809. The highest BCUT2D eigenvalue weighted by Gasteiger charge is 2.25. The van der Waals surface area contributed by atoms with Crippen molar-refractivity contribution >= 4 is 15.7 Å². The van der Waals surface area contributed by atoms with Gasteiger partial charge in [0.25, 0.3) is 0 Å². The fourth-order valence-corrected chi connectivity index (χ4v) is 1.97. The second-order valence-electron chi connectivity index (χ2n) is 4.80. The number of rotatable bonds is 2. The first-order valence-corrected chi connectivity index (χ1v) is 6.59. The van der Waals surface area contributed by atoms with E-state index in [1.54, 1.807) is 12.1 Å².